The van der Waals surface area contributed by atoms with E-state index in [1.807, 2.05) is 30.3 Å². The molecule has 18 heavy (non-hydrogen) atoms. The van der Waals surface area contributed by atoms with Crippen molar-refractivity contribution in [3.63, 3.8) is 0 Å². The second kappa shape index (κ2) is 7.56. The Balaban J connectivity index is 2.15. The third-order valence-corrected chi connectivity index (χ3v) is 5.04. The molecule has 0 amide bonds. The topological polar surface area (TPSA) is 80.7 Å². The molecule has 1 atom stereocenters. The van der Waals surface area contributed by atoms with E-state index in [1.165, 1.54) is 0 Å². The van der Waals surface area contributed by atoms with E-state index < -0.39 is 25.9 Å². The fraction of sp³-hybridized carbons (Fsp3) is 0.364. The zero-order chi connectivity index (χ0) is 13.4. The predicted molar refractivity (Wildman–Crippen MR) is 69.6 cm³/mol. The van der Waals surface area contributed by atoms with E-state index >= 15 is 0 Å². The van der Waals surface area contributed by atoms with Crippen LogP contribution in [0.3, 0.4) is 0 Å². The van der Waals surface area contributed by atoms with Gasteiger partial charge in [0, 0.05) is 0 Å². The Labute approximate surface area is 113 Å². The van der Waals surface area contributed by atoms with Crippen molar-refractivity contribution < 1.29 is 22.5 Å². The van der Waals surface area contributed by atoms with Crippen LogP contribution in [0.25, 0.3) is 0 Å². The van der Waals surface area contributed by atoms with Gasteiger partial charge >= 0.3 is 113 Å². The van der Waals surface area contributed by atoms with E-state index in [0.29, 0.717) is 11.6 Å². The van der Waals surface area contributed by atoms with Crippen molar-refractivity contribution in [2.24, 2.45) is 0 Å². The molecule has 0 heterocycles. The van der Waals surface area contributed by atoms with E-state index in [1.54, 1.807) is 0 Å². The summed E-state index contributed by atoms with van der Waals surface area (Å²) in [5, 5.41) is 0.507. The Morgan fingerprint density at radius 1 is 1.28 bits per heavy atom. The molecule has 0 aliphatic carbocycles. The Bertz CT molecular complexity index is 471. The molecule has 7 heteroatoms. The number of carbonyl (C=O) groups excluding carboxylic acids is 1. The van der Waals surface area contributed by atoms with Gasteiger partial charge in [-0.3, -0.25) is 0 Å². The van der Waals surface area contributed by atoms with Gasteiger partial charge < -0.3 is 0 Å². The first-order chi connectivity index (χ1) is 8.47. The first-order valence-corrected chi connectivity index (χ1v) is 9.51. The summed E-state index contributed by atoms with van der Waals surface area (Å²) >= 11 is -0.962. The molecular weight excluding hydrogens is 319 g/mol. The molecule has 0 aliphatic rings. The monoisotopic (exact) mass is 334 g/mol. The molecule has 1 aromatic carbocycles. The Kier molecular flexibility index (Phi) is 6.39. The van der Waals surface area contributed by atoms with Crippen molar-refractivity contribution in [1.82, 2.24) is 0 Å². The molecule has 0 spiro atoms. The number of rotatable bonds is 7. The molecule has 1 rings (SSSR count). The van der Waals surface area contributed by atoms with Crippen LogP contribution in [0.4, 0.5) is 4.79 Å². The van der Waals surface area contributed by atoms with E-state index in [9.17, 15) is 13.2 Å². The molecule has 1 unspecified atom stereocenters. The van der Waals surface area contributed by atoms with E-state index in [2.05, 4.69) is 0 Å². The van der Waals surface area contributed by atoms with Gasteiger partial charge in [0.25, 0.3) is 0 Å². The molecule has 0 aliphatic heterocycles. The van der Waals surface area contributed by atoms with Crippen molar-refractivity contribution >= 4 is 30.6 Å². The molecule has 1 aromatic rings. The van der Waals surface area contributed by atoms with Crippen LogP contribution in [-0.2, 0) is 21.5 Å². The summed E-state index contributed by atoms with van der Waals surface area (Å²) < 4.78 is 34.2. The third-order valence-electron chi connectivity index (χ3n) is 2.06. The first kappa shape index (κ1) is 15.2. The van der Waals surface area contributed by atoms with Crippen LogP contribution < -0.4 is 0 Å². The summed E-state index contributed by atoms with van der Waals surface area (Å²) in [6.07, 6.45) is 0.305. The van der Waals surface area contributed by atoms with E-state index in [4.69, 9.17) is 9.29 Å². The van der Waals surface area contributed by atoms with Gasteiger partial charge in [0.05, 0.1) is 0 Å². The number of hydrogen-bond donors (Lipinski definition) is 1. The van der Waals surface area contributed by atoms with Gasteiger partial charge in [-0.1, -0.05) is 0 Å². The van der Waals surface area contributed by atoms with Crippen LogP contribution in [0.2, 0.25) is 5.21 Å². The molecule has 1 N–H and O–H groups in total. The summed E-state index contributed by atoms with van der Waals surface area (Å²) in [6.45, 7) is 0.251. The minimum atomic E-state index is -3.91. The van der Waals surface area contributed by atoms with Crippen molar-refractivity contribution in [3.8, 4) is 0 Å². The summed E-state index contributed by atoms with van der Waals surface area (Å²) in [5.41, 5.74) is 0.926. The molecule has 0 saturated carbocycles. The SMILES string of the molecule is O=C(OCc1ccccc1)[AsH]CCCS(=O)(=O)O. The Hall–Kier alpha value is -0.842. The summed E-state index contributed by atoms with van der Waals surface area (Å²) in [5.74, 6) is -0.289. The van der Waals surface area contributed by atoms with Crippen LogP contribution in [0.15, 0.2) is 30.3 Å². The maximum atomic E-state index is 11.4. The Morgan fingerprint density at radius 2 is 1.94 bits per heavy atom. The molecule has 0 saturated heterocycles. The second-order valence-electron chi connectivity index (χ2n) is 3.63. The number of carbonyl (C=O) groups is 1. The van der Waals surface area contributed by atoms with E-state index in [-0.39, 0.29) is 17.1 Å². The quantitative estimate of drug-likeness (QED) is 0.464. The van der Waals surface area contributed by atoms with Crippen LogP contribution in [-0.4, -0.2) is 39.2 Å². The van der Waals surface area contributed by atoms with Gasteiger partial charge in [-0.2, -0.15) is 0 Å². The van der Waals surface area contributed by atoms with Crippen molar-refractivity contribution in [1.29, 1.82) is 0 Å². The molecule has 0 fully saturated rings. The molecule has 0 aromatic heterocycles. The summed E-state index contributed by atoms with van der Waals surface area (Å²) in [4.78, 5) is 11.4. The normalized spacial score (nSPS) is 11.8. The number of hydrogen-bond acceptors (Lipinski definition) is 4. The number of benzene rings is 1. The zero-order valence-electron chi connectivity index (χ0n) is 9.70. The van der Waals surface area contributed by atoms with Crippen LogP contribution in [0.1, 0.15) is 12.0 Å². The van der Waals surface area contributed by atoms with Crippen LogP contribution in [0.5, 0.6) is 0 Å². The standard InChI is InChI=1S/C11H15AsO5S/c13-11(12-7-4-8-18(14,15)16)17-9-10-5-2-1-3-6-10/h1-3,5-6,12H,4,7-9H2,(H,14,15,16). The predicted octanol–water partition coefficient (Wildman–Crippen LogP) is 1.46. The van der Waals surface area contributed by atoms with Crippen LogP contribution >= 0.6 is 0 Å². The number of ether oxygens (including phenoxy) is 1. The maximum absolute atomic E-state index is 11.4. The summed E-state index contributed by atoms with van der Waals surface area (Å²) in [6, 6.07) is 9.35. The first-order valence-electron chi connectivity index (χ1n) is 5.37. The summed E-state index contributed by atoms with van der Waals surface area (Å²) in [7, 11) is -3.91. The second-order valence-corrected chi connectivity index (χ2v) is 7.85. The van der Waals surface area contributed by atoms with Crippen LogP contribution in [0, 0.1) is 0 Å². The molecular formula is C11H15AsO5S. The van der Waals surface area contributed by atoms with Crippen molar-refractivity contribution in [3.05, 3.63) is 35.9 Å². The molecule has 100 valence electrons. The van der Waals surface area contributed by atoms with Gasteiger partial charge in [-0.25, -0.2) is 0 Å². The fourth-order valence-corrected chi connectivity index (χ4v) is 3.80. The van der Waals surface area contributed by atoms with Gasteiger partial charge in [-0.15, -0.1) is 0 Å². The average molecular weight is 334 g/mol. The Morgan fingerprint density at radius 3 is 2.56 bits per heavy atom. The van der Waals surface area contributed by atoms with Crippen molar-refractivity contribution in [2.45, 2.75) is 18.2 Å². The zero-order valence-corrected chi connectivity index (χ0v) is 12.6. The minimum absolute atomic E-state index is 0.241. The van der Waals surface area contributed by atoms with Crippen molar-refractivity contribution in [2.75, 3.05) is 5.75 Å². The van der Waals surface area contributed by atoms with Gasteiger partial charge in [0.2, 0.25) is 0 Å². The fourth-order valence-electron chi connectivity index (χ4n) is 1.22. The average Bonchev–Trinajstić information content (AvgIpc) is 2.32. The van der Waals surface area contributed by atoms with Gasteiger partial charge in [-0.05, 0) is 0 Å². The van der Waals surface area contributed by atoms with Gasteiger partial charge in [0.1, 0.15) is 0 Å². The van der Waals surface area contributed by atoms with Gasteiger partial charge in [0.15, 0.2) is 0 Å². The molecule has 0 radical (unpaired) electrons. The third kappa shape index (κ3) is 7.48. The molecule has 5 nitrogen and oxygen atoms in total. The van der Waals surface area contributed by atoms with E-state index in [0.717, 1.165) is 5.56 Å². The molecule has 0 bridgehead atoms.